The zero-order valence-corrected chi connectivity index (χ0v) is 38.8. The van der Waals surface area contributed by atoms with Gasteiger partial charge in [0.25, 0.3) is 0 Å². The van der Waals surface area contributed by atoms with E-state index in [1.54, 1.807) is 28.7 Å². The molecule has 62 heavy (non-hydrogen) atoms. The Kier molecular flexibility index (Phi) is 11.1. The smallest absolute Gasteiger partial charge is 0.344 e. The number of fused-ring (bicyclic) bond motifs is 6. The standard InChI is InChI=1S/C47H62N4O9S2/c1-9-43(55)23-28-24-46(41(53)58-6,37-30(14-18-50(25-28)26-43)31-20-29(62-61-8)12-13-34(31)48-37)33-21-32-35(22-36(33)57-5)49(4)39-45(32)16-19-51-17-11-15-44(10-2,38(45)51)40(60-27(3)52)47(39,56)42(54)59-7/h11-13,15,20-22,28,33,36,38-40,48,55-56H,9-10,14,16-19,23-26H2,1-8H3/t28-,33?,36?,38+,39-,40-,43+,44-,45-,46+,47+/m1/s1. The normalized spacial score (nSPS) is 39.6. The van der Waals surface area contributed by atoms with Crippen molar-refractivity contribution in [3.63, 3.8) is 0 Å². The summed E-state index contributed by atoms with van der Waals surface area (Å²) in [6.07, 6.45) is 11.8. The molecule has 9 rings (SSSR count). The fourth-order valence-corrected chi connectivity index (χ4v) is 15.5. The Morgan fingerprint density at radius 1 is 1.00 bits per heavy atom. The van der Waals surface area contributed by atoms with E-state index in [1.165, 1.54) is 21.1 Å². The van der Waals surface area contributed by atoms with Crippen LogP contribution in [0.5, 0.6) is 0 Å². The van der Waals surface area contributed by atoms with Crippen LogP contribution in [0.2, 0.25) is 0 Å². The molecule has 2 bridgehead atoms. The van der Waals surface area contributed by atoms with E-state index in [2.05, 4.69) is 63.5 Å². The average Bonchev–Trinajstić information content (AvgIpc) is 3.92. The summed E-state index contributed by atoms with van der Waals surface area (Å²) < 4.78 is 24.3. The minimum atomic E-state index is -2.29. The summed E-state index contributed by atoms with van der Waals surface area (Å²) in [6, 6.07) is 5.25. The van der Waals surface area contributed by atoms with Gasteiger partial charge in [-0.15, -0.1) is 0 Å². The summed E-state index contributed by atoms with van der Waals surface area (Å²) >= 11 is 0. The zero-order chi connectivity index (χ0) is 44.1. The van der Waals surface area contributed by atoms with E-state index in [1.807, 2.05) is 25.8 Å². The predicted octanol–water partition coefficient (Wildman–Crippen LogP) is 5.00. The molecule has 12 atom stereocenters. The van der Waals surface area contributed by atoms with Crippen molar-refractivity contribution in [3.8, 4) is 0 Å². The molecule has 3 unspecified atom stereocenters. The first-order valence-electron chi connectivity index (χ1n) is 22.1. The SMILES string of the molecule is CC[C@]1(O)C[C@H]2CN(CCc3c([nH]c4ccc(SSC)cc34)[C@@](C(=O)OC)(C3C=C4C(=CC3OC)N(C)[C@H]3[C@@](O)(C(=O)OC)[C@H](OC(C)=O)[C@]5(CC)C=CCN6CC[C@]43[C@@H]65)C2)C1. The molecule has 15 heteroatoms. The molecule has 5 aliphatic heterocycles. The van der Waals surface area contributed by atoms with Gasteiger partial charge in [0.1, 0.15) is 5.41 Å². The molecule has 2 aliphatic carbocycles. The monoisotopic (exact) mass is 890 g/mol. The second-order valence-electron chi connectivity index (χ2n) is 19.0. The van der Waals surface area contributed by atoms with Crippen molar-refractivity contribution in [1.29, 1.82) is 0 Å². The molecule has 2 aromatic rings. The number of benzene rings is 1. The van der Waals surface area contributed by atoms with Crippen molar-refractivity contribution >= 4 is 50.4 Å². The summed E-state index contributed by atoms with van der Waals surface area (Å²) in [7, 11) is 9.67. The first-order valence-corrected chi connectivity index (χ1v) is 24.7. The fraction of sp³-hybridized carbons (Fsp3) is 0.638. The lowest BCUT2D eigenvalue weighted by Crippen LogP contribution is -2.79. The number of H-pyrrole nitrogens is 1. The van der Waals surface area contributed by atoms with E-state index >= 15 is 4.79 Å². The number of carbonyl (C=O) groups is 3. The number of aromatic amines is 1. The third kappa shape index (κ3) is 5.96. The Bertz CT molecular complexity index is 2260. The molecule has 1 aromatic heterocycles. The van der Waals surface area contributed by atoms with Crippen molar-refractivity contribution < 1.29 is 43.5 Å². The van der Waals surface area contributed by atoms with Crippen molar-refractivity contribution in [2.24, 2.45) is 22.7 Å². The molecule has 1 aromatic carbocycles. The molecule has 3 N–H and O–H groups in total. The van der Waals surface area contributed by atoms with Gasteiger partial charge in [-0.2, -0.15) is 0 Å². The third-order valence-corrected chi connectivity index (χ3v) is 17.9. The number of ether oxygens (including phenoxy) is 4. The molecule has 3 saturated heterocycles. The van der Waals surface area contributed by atoms with Gasteiger partial charge in [-0.3, -0.25) is 19.4 Å². The molecule has 13 nitrogen and oxygen atoms in total. The van der Waals surface area contributed by atoms with Crippen LogP contribution in [0.25, 0.3) is 10.9 Å². The highest BCUT2D eigenvalue weighted by atomic mass is 33.1. The van der Waals surface area contributed by atoms with Crippen molar-refractivity contribution in [2.75, 3.05) is 67.4 Å². The van der Waals surface area contributed by atoms with Crippen LogP contribution in [0.15, 0.2) is 58.7 Å². The molecule has 6 heterocycles. The maximum absolute atomic E-state index is 15.5. The zero-order valence-electron chi connectivity index (χ0n) is 37.2. The Hall–Kier alpha value is -3.31. The Labute approximate surface area is 372 Å². The van der Waals surface area contributed by atoms with Crippen LogP contribution in [0.1, 0.15) is 64.1 Å². The van der Waals surface area contributed by atoms with Crippen molar-refractivity contribution in [3.05, 3.63) is 65.0 Å². The molecule has 1 saturated carbocycles. The number of hydrogen-bond acceptors (Lipinski definition) is 14. The molecule has 7 aliphatic rings. The number of hydrogen-bond donors (Lipinski definition) is 3. The van der Waals surface area contributed by atoms with Crippen molar-refractivity contribution in [1.82, 2.24) is 19.7 Å². The second-order valence-corrected chi connectivity index (χ2v) is 21.4. The van der Waals surface area contributed by atoms with Crippen LogP contribution >= 0.6 is 21.6 Å². The van der Waals surface area contributed by atoms with Crippen LogP contribution in [-0.4, -0.2) is 151 Å². The van der Waals surface area contributed by atoms with Crippen LogP contribution in [0.3, 0.4) is 0 Å². The molecule has 4 fully saturated rings. The van der Waals surface area contributed by atoms with Crippen LogP contribution in [0, 0.1) is 22.7 Å². The third-order valence-electron chi connectivity index (χ3n) is 16.3. The van der Waals surface area contributed by atoms with Gasteiger partial charge in [-0.05, 0) is 92.7 Å². The van der Waals surface area contributed by atoms with E-state index in [4.69, 9.17) is 18.9 Å². The van der Waals surface area contributed by atoms with E-state index in [-0.39, 0.29) is 17.9 Å². The summed E-state index contributed by atoms with van der Waals surface area (Å²) in [4.78, 5) is 54.8. The number of allylic oxidation sites excluding steroid dienone is 1. The molecule has 1 spiro atoms. The summed E-state index contributed by atoms with van der Waals surface area (Å²) in [6.45, 7) is 8.71. The number of likely N-dealkylation sites (tertiary alicyclic amines) is 1. The lowest BCUT2D eigenvalue weighted by atomic mass is 9.47. The lowest BCUT2D eigenvalue weighted by Gasteiger charge is -2.63. The van der Waals surface area contributed by atoms with Crippen LogP contribution in [0.4, 0.5) is 0 Å². The van der Waals surface area contributed by atoms with Gasteiger partial charge in [-0.1, -0.05) is 53.7 Å². The van der Waals surface area contributed by atoms with Gasteiger partial charge in [0.2, 0.25) is 5.60 Å². The Morgan fingerprint density at radius 2 is 1.77 bits per heavy atom. The number of esters is 3. The number of aromatic nitrogens is 1. The maximum Gasteiger partial charge on any atom is 0.344 e. The second kappa shape index (κ2) is 15.7. The van der Waals surface area contributed by atoms with Gasteiger partial charge in [0.15, 0.2) is 6.10 Å². The average molecular weight is 891 g/mol. The Balaban J connectivity index is 1.33. The summed E-state index contributed by atoms with van der Waals surface area (Å²) in [5, 5.41) is 26.5. The number of carbonyl (C=O) groups excluding carboxylic acids is 3. The summed E-state index contributed by atoms with van der Waals surface area (Å²) in [5.74, 6) is -2.55. The molecular formula is C47H62N4O9S2. The Morgan fingerprint density at radius 3 is 2.45 bits per heavy atom. The highest BCUT2D eigenvalue weighted by Gasteiger charge is 2.81. The quantitative estimate of drug-likeness (QED) is 0.134. The van der Waals surface area contributed by atoms with E-state index in [9.17, 15) is 19.8 Å². The van der Waals surface area contributed by atoms with E-state index in [0.717, 1.165) is 51.4 Å². The molecule has 0 amide bonds. The van der Waals surface area contributed by atoms with Crippen molar-refractivity contribution in [2.45, 2.75) is 105 Å². The molecule has 0 radical (unpaired) electrons. The van der Waals surface area contributed by atoms with Gasteiger partial charge < -0.3 is 39.0 Å². The van der Waals surface area contributed by atoms with E-state index in [0.29, 0.717) is 58.2 Å². The lowest BCUT2D eigenvalue weighted by molar-refractivity contribution is -0.243. The number of likely N-dealkylation sites (N-methyl/N-ethyl adjacent to an activating group) is 1. The molecule has 336 valence electrons. The number of aliphatic hydroxyl groups is 2. The minimum Gasteiger partial charge on any atom is -0.468 e. The first-order chi connectivity index (χ1) is 29.7. The minimum absolute atomic E-state index is 0.0759. The van der Waals surface area contributed by atoms with Crippen LogP contribution < -0.4 is 0 Å². The van der Waals surface area contributed by atoms with E-state index < -0.39 is 63.6 Å². The number of nitrogens with zero attached hydrogens (tertiary/aromatic N) is 3. The molecular weight excluding hydrogens is 829 g/mol. The highest BCUT2D eigenvalue weighted by Crippen LogP contribution is 2.70. The number of rotatable bonds is 9. The number of methoxy groups -OCH3 is 3. The van der Waals surface area contributed by atoms with Gasteiger partial charge in [0, 0.05) is 97.2 Å². The summed E-state index contributed by atoms with van der Waals surface area (Å²) in [5.41, 5.74) is -1.87. The fourth-order valence-electron chi connectivity index (χ4n) is 14.1. The van der Waals surface area contributed by atoms with Gasteiger partial charge in [0.05, 0.1) is 32.0 Å². The number of nitrogens with one attached hydrogen (secondary N) is 1. The highest BCUT2D eigenvalue weighted by molar-refractivity contribution is 8.76. The number of piperidine rings is 1. The predicted molar refractivity (Wildman–Crippen MR) is 238 cm³/mol. The largest absolute Gasteiger partial charge is 0.468 e. The van der Waals surface area contributed by atoms with Gasteiger partial charge in [-0.25, -0.2) is 4.79 Å². The first kappa shape index (κ1) is 43.9. The van der Waals surface area contributed by atoms with Gasteiger partial charge >= 0.3 is 17.9 Å². The topological polar surface area (TPSA) is 154 Å². The maximum atomic E-state index is 15.5. The van der Waals surface area contributed by atoms with Crippen LogP contribution in [-0.2, 0) is 45.2 Å².